The zero-order chi connectivity index (χ0) is 15.8. The van der Waals surface area contributed by atoms with Crippen molar-refractivity contribution in [2.75, 3.05) is 5.75 Å². The maximum atomic E-state index is 6.53. The monoisotopic (exact) mass is 343 g/mol. The third kappa shape index (κ3) is 2.54. The van der Waals surface area contributed by atoms with Crippen molar-refractivity contribution in [2.24, 2.45) is 4.99 Å². The first-order chi connectivity index (χ1) is 11.3. The highest BCUT2D eigenvalue weighted by Crippen LogP contribution is 2.49. The molecule has 0 aliphatic carbocycles. The van der Waals surface area contributed by atoms with E-state index in [1.165, 1.54) is 0 Å². The Morgan fingerprint density at radius 3 is 2.78 bits per heavy atom. The summed E-state index contributed by atoms with van der Waals surface area (Å²) in [6, 6.07) is 14.8. The molecule has 0 N–H and O–H groups in total. The zero-order valence-electron chi connectivity index (χ0n) is 12.9. The van der Waals surface area contributed by atoms with Crippen LogP contribution < -0.4 is 0 Å². The summed E-state index contributed by atoms with van der Waals surface area (Å²) in [6.07, 6.45) is 2.95. The second kappa shape index (κ2) is 6.17. The molecule has 2 aromatic rings. The van der Waals surface area contributed by atoms with Crippen LogP contribution in [0.2, 0.25) is 5.02 Å². The number of hydrogen-bond donors (Lipinski definition) is 0. The number of amidine groups is 1. The standard InChI is InChI=1S/C18H18ClN3S/c1-2-12-11-23-18-21-16(15-9-5-6-10-20-15)17(22(12)18)13-7-3-4-8-14(13)19/h3-10,12,16-17H,2,11H2,1H3/t12-,16-,17-/m1/s1. The maximum Gasteiger partial charge on any atom is 0.160 e. The topological polar surface area (TPSA) is 28.5 Å². The van der Waals surface area contributed by atoms with Crippen molar-refractivity contribution in [1.29, 1.82) is 0 Å². The van der Waals surface area contributed by atoms with Gasteiger partial charge in [0.2, 0.25) is 0 Å². The normalized spacial score (nSPS) is 26.3. The molecule has 1 saturated heterocycles. The van der Waals surface area contributed by atoms with Gasteiger partial charge in [0.05, 0.1) is 11.7 Å². The molecule has 118 valence electrons. The van der Waals surface area contributed by atoms with Crippen LogP contribution in [0.5, 0.6) is 0 Å². The summed E-state index contributed by atoms with van der Waals surface area (Å²) in [5, 5.41) is 1.94. The summed E-state index contributed by atoms with van der Waals surface area (Å²) in [7, 11) is 0. The first kappa shape index (κ1) is 15.0. The molecule has 0 radical (unpaired) electrons. The fraction of sp³-hybridized carbons (Fsp3) is 0.333. The van der Waals surface area contributed by atoms with Crippen molar-refractivity contribution in [1.82, 2.24) is 9.88 Å². The van der Waals surface area contributed by atoms with E-state index in [1.807, 2.05) is 42.2 Å². The number of thioether (sulfide) groups is 1. The minimum atomic E-state index is 0.00736. The molecular weight excluding hydrogens is 326 g/mol. The van der Waals surface area contributed by atoms with E-state index < -0.39 is 0 Å². The first-order valence-electron chi connectivity index (χ1n) is 7.94. The summed E-state index contributed by atoms with van der Waals surface area (Å²) >= 11 is 8.39. The quantitative estimate of drug-likeness (QED) is 0.807. The van der Waals surface area contributed by atoms with Crippen molar-refractivity contribution < 1.29 is 0 Å². The minimum absolute atomic E-state index is 0.00736. The van der Waals surface area contributed by atoms with Gasteiger partial charge in [0, 0.05) is 23.0 Å². The van der Waals surface area contributed by atoms with Gasteiger partial charge in [-0.05, 0) is 30.2 Å². The van der Waals surface area contributed by atoms with Gasteiger partial charge in [0.25, 0.3) is 0 Å². The lowest BCUT2D eigenvalue weighted by atomic mass is 9.95. The van der Waals surface area contributed by atoms with Crippen LogP contribution in [-0.2, 0) is 0 Å². The SMILES string of the molecule is CC[C@@H]1CSC2=N[C@H](c3ccccn3)[C@@H](c3ccccc3Cl)N21. The lowest BCUT2D eigenvalue weighted by molar-refractivity contribution is 0.255. The summed E-state index contributed by atoms with van der Waals surface area (Å²) in [5.41, 5.74) is 2.15. The third-order valence-electron chi connectivity index (χ3n) is 4.55. The van der Waals surface area contributed by atoms with Gasteiger partial charge in [0.15, 0.2) is 5.17 Å². The van der Waals surface area contributed by atoms with Gasteiger partial charge in [-0.15, -0.1) is 0 Å². The molecule has 23 heavy (non-hydrogen) atoms. The van der Waals surface area contributed by atoms with Crippen molar-refractivity contribution in [3.05, 3.63) is 64.9 Å². The lowest BCUT2D eigenvalue weighted by Crippen LogP contribution is -2.35. The number of pyridine rings is 1. The van der Waals surface area contributed by atoms with Crippen LogP contribution in [0.15, 0.2) is 53.7 Å². The van der Waals surface area contributed by atoms with Gasteiger partial charge < -0.3 is 4.90 Å². The van der Waals surface area contributed by atoms with E-state index in [2.05, 4.69) is 35.0 Å². The smallest absolute Gasteiger partial charge is 0.160 e. The molecule has 2 aliphatic heterocycles. The Bertz CT molecular complexity index is 734. The highest BCUT2D eigenvalue weighted by atomic mass is 35.5. The predicted molar refractivity (Wildman–Crippen MR) is 97.0 cm³/mol. The molecule has 4 rings (SSSR count). The summed E-state index contributed by atoms with van der Waals surface area (Å²) < 4.78 is 0. The predicted octanol–water partition coefficient (Wildman–Crippen LogP) is 4.71. The Labute approximate surface area is 145 Å². The minimum Gasteiger partial charge on any atom is -0.338 e. The van der Waals surface area contributed by atoms with E-state index in [0.717, 1.165) is 33.6 Å². The summed E-state index contributed by atoms with van der Waals surface area (Å²) in [4.78, 5) is 12.0. The number of halogens is 1. The van der Waals surface area contributed by atoms with E-state index in [4.69, 9.17) is 16.6 Å². The number of benzene rings is 1. The molecular formula is C18H18ClN3S. The number of aliphatic imine (C=N–C) groups is 1. The highest BCUT2D eigenvalue weighted by molar-refractivity contribution is 8.14. The van der Waals surface area contributed by atoms with Crippen LogP contribution in [0.25, 0.3) is 0 Å². The molecule has 1 aromatic carbocycles. The second-order valence-electron chi connectivity index (χ2n) is 5.86. The Morgan fingerprint density at radius 1 is 1.22 bits per heavy atom. The summed E-state index contributed by atoms with van der Waals surface area (Å²) in [6.45, 7) is 2.24. The van der Waals surface area contributed by atoms with Gasteiger partial charge >= 0.3 is 0 Å². The average Bonchev–Trinajstić information content (AvgIpc) is 3.15. The Hall–Kier alpha value is -1.52. The number of aromatic nitrogens is 1. The van der Waals surface area contributed by atoms with Crippen LogP contribution in [0.1, 0.15) is 36.7 Å². The van der Waals surface area contributed by atoms with Crippen molar-refractivity contribution in [3.63, 3.8) is 0 Å². The van der Waals surface area contributed by atoms with Crippen molar-refractivity contribution in [3.8, 4) is 0 Å². The van der Waals surface area contributed by atoms with Crippen LogP contribution in [-0.4, -0.2) is 26.8 Å². The number of rotatable bonds is 3. The molecule has 3 atom stereocenters. The van der Waals surface area contributed by atoms with E-state index in [-0.39, 0.29) is 12.1 Å². The molecule has 1 fully saturated rings. The molecule has 2 aliphatic rings. The number of hydrogen-bond acceptors (Lipinski definition) is 4. The molecule has 3 heterocycles. The zero-order valence-corrected chi connectivity index (χ0v) is 14.5. The molecule has 0 bridgehead atoms. The molecule has 0 saturated carbocycles. The van der Waals surface area contributed by atoms with Gasteiger partial charge in [0.1, 0.15) is 6.04 Å². The lowest BCUT2D eigenvalue weighted by Gasteiger charge is -2.32. The number of nitrogens with zero attached hydrogens (tertiary/aromatic N) is 3. The maximum absolute atomic E-state index is 6.53. The van der Waals surface area contributed by atoms with Gasteiger partial charge in [-0.25, -0.2) is 0 Å². The largest absolute Gasteiger partial charge is 0.338 e. The molecule has 3 nitrogen and oxygen atoms in total. The van der Waals surface area contributed by atoms with Gasteiger partial charge in [-0.1, -0.05) is 54.6 Å². The average molecular weight is 344 g/mol. The molecule has 0 unspecified atom stereocenters. The van der Waals surface area contributed by atoms with E-state index in [9.17, 15) is 0 Å². The Morgan fingerprint density at radius 2 is 2.04 bits per heavy atom. The molecule has 5 heteroatoms. The van der Waals surface area contributed by atoms with Gasteiger partial charge in [-0.2, -0.15) is 0 Å². The molecule has 0 spiro atoms. The number of fused-ring (bicyclic) bond motifs is 1. The van der Waals surface area contributed by atoms with Crippen LogP contribution in [0.3, 0.4) is 0 Å². The molecule has 0 amide bonds. The van der Waals surface area contributed by atoms with E-state index in [0.29, 0.717) is 6.04 Å². The van der Waals surface area contributed by atoms with Crippen molar-refractivity contribution in [2.45, 2.75) is 31.5 Å². The fourth-order valence-electron chi connectivity index (χ4n) is 3.40. The molecule has 1 aromatic heterocycles. The van der Waals surface area contributed by atoms with Crippen LogP contribution in [0.4, 0.5) is 0 Å². The first-order valence-corrected chi connectivity index (χ1v) is 9.30. The van der Waals surface area contributed by atoms with Gasteiger partial charge in [-0.3, -0.25) is 9.98 Å². The van der Waals surface area contributed by atoms with Crippen LogP contribution >= 0.6 is 23.4 Å². The summed E-state index contributed by atoms with van der Waals surface area (Å²) in [5.74, 6) is 1.10. The fourth-order valence-corrected chi connectivity index (χ4v) is 4.99. The second-order valence-corrected chi connectivity index (χ2v) is 7.25. The van der Waals surface area contributed by atoms with E-state index >= 15 is 0 Å². The van der Waals surface area contributed by atoms with Crippen LogP contribution in [0, 0.1) is 0 Å². The Kier molecular flexibility index (Phi) is 4.04. The third-order valence-corrected chi connectivity index (χ3v) is 6.02. The van der Waals surface area contributed by atoms with Crippen molar-refractivity contribution >= 4 is 28.5 Å². The Balaban J connectivity index is 1.82. The highest BCUT2D eigenvalue weighted by Gasteiger charge is 2.45. The van der Waals surface area contributed by atoms with E-state index in [1.54, 1.807) is 0 Å².